The van der Waals surface area contributed by atoms with E-state index in [-0.39, 0.29) is 0 Å². The fourth-order valence-electron chi connectivity index (χ4n) is 3.95. The maximum Gasteiger partial charge on any atom is 0.243 e. The zero-order valence-electron chi connectivity index (χ0n) is 15.8. The standard InChI is InChI=1S/C19H27N5O2S/c1-16-7-5-8-17(13-16)27(25,26)23-11-6-12-24-19(15-23)18(20-21-24)14-22-9-3-2-4-10-22/h5,7-8,13H,2-4,6,9-12,14-15H2,1H3. The second-order valence-corrected chi connectivity index (χ2v) is 9.49. The Morgan fingerprint density at radius 2 is 1.85 bits per heavy atom. The number of rotatable bonds is 4. The van der Waals surface area contributed by atoms with Crippen molar-refractivity contribution in [3.63, 3.8) is 0 Å². The zero-order chi connectivity index (χ0) is 18.9. The number of benzene rings is 1. The number of likely N-dealkylation sites (tertiary alicyclic amines) is 1. The van der Waals surface area contributed by atoms with Gasteiger partial charge < -0.3 is 0 Å². The van der Waals surface area contributed by atoms with E-state index in [0.29, 0.717) is 24.5 Å². The second-order valence-electron chi connectivity index (χ2n) is 7.55. The molecule has 27 heavy (non-hydrogen) atoms. The summed E-state index contributed by atoms with van der Waals surface area (Å²) in [6, 6.07) is 7.13. The zero-order valence-corrected chi connectivity index (χ0v) is 16.7. The summed E-state index contributed by atoms with van der Waals surface area (Å²) in [6.07, 6.45) is 4.47. The van der Waals surface area contributed by atoms with Crippen molar-refractivity contribution in [3.8, 4) is 0 Å². The van der Waals surface area contributed by atoms with E-state index in [1.807, 2.05) is 17.7 Å². The first-order valence-electron chi connectivity index (χ1n) is 9.74. The van der Waals surface area contributed by atoms with Gasteiger partial charge in [-0.1, -0.05) is 23.8 Å². The Labute approximate surface area is 161 Å². The lowest BCUT2D eigenvalue weighted by molar-refractivity contribution is 0.217. The molecule has 0 bridgehead atoms. The first kappa shape index (κ1) is 18.6. The summed E-state index contributed by atoms with van der Waals surface area (Å²) in [5, 5.41) is 8.69. The molecule has 8 heteroatoms. The van der Waals surface area contributed by atoms with Gasteiger partial charge in [-0.2, -0.15) is 4.31 Å². The molecule has 0 atom stereocenters. The molecule has 3 heterocycles. The number of hydrogen-bond acceptors (Lipinski definition) is 5. The SMILES string of the molecule is Cc1cccc(S(=O)(=O)N2CCCn3nnc(CN4CCCCC4)c3C2)c1. The smallest absolute Gasteiger partial charge is 0.243 e. The molecule has 0 N–H and O–H groups in total. The fourth-order valence-corrected chi connectivity index (χ4v) is 5.49. The molecular weight excluding hydrogens is 362 g/mol. The average Bonchev–Trinajstić information content (AvgIpc) is 2.89. The lowest BCUT2D eigenvalue weighted by Gasteiger charge is -2.26. The van der Waals surface area contributed by atoms with Crippen molar-refractivity contribution >= 4 is 10.0 Å². The number of piperidine rings is 1. The third-order valence-corrected chi connectivity index (χ3v) is 7.31. The summed E-state index contributed by atoms with van der Waals surface area (Å²) >= 11 is 0. The molecule has 1 fully saturated rings. The molecule has 2 aliphatic heterocycles. The van der Waals surface area contributed by atoms with Crippen LogP contribution in [0.1, 0.15) is 42.6 Å². The third kappa shape index (κ3) is 3.93. The highest BCUT2D eigenvalue weighted by Crippen LogP contribution is 2.24. The number of fused-ring (bicyclic) bond motifs is 1. The first-order chi connectivity index (χ1) is 13.0. The van der Waals surface area contributed by atoms with E-state index in [4.69, 9.17) is 0 Å². The maximum absolute atomic E-state index is 13.2. The summed E-state index contributed by atoms with van der Waals surface area (Å²) in [7, 11) is -3.53. The molecular formula is C19H27N5O2S. The number of nitrogens with zero attached hydrogens (tertiary/aromatic N) is 5. The first-order valence-corrected chi connectivity index (χ1v) is 11.2. The highest BCUT2D eigenvalue weighted by Gasteiger charge is 2.30. The molecule has 0 spiro atoms. The summed E-state index contributed by atoms with van der Waals surface area (Å²) in [5.41, 5.74) is 2.81. The molecule has 4 rings (SSSR count). The van der Waals surface area contributed by atoms with Gasteiger partial charge in [-0.25, -0.2) is 13.1 Å². The van der Waals surface area contributed by atoms with Crippen molar-refractivity contribution in [2.75, 3.05) is 19.6 Å². The lowest BCUT2D eigenvalue weighted by atomic mass is 10.1. The summed E-state index contributed by atoms with van der Waals surface area (Å²) in [6.45, 7) is 6.39. The van der Waals surface area contributed by atoms with Gasteiger partial charge >= 0.3 is 0 Å². The second kappa shape index (κ2) is 7.69. The van der Waals surface area contributed by atoms with Crippen molar-refractivity contribution in [2.24, 2.45) is 0 Å². The molecule has 0 aliphatic carbocycles. The molecule has 0 saturated carbocycles. The van der Waals surface area contributed by atoms with E-state index >= 15 is 0 Å². The molecule has 1 saturated heterocycles. The lowest BCUT2D eigenvalue weighted by Crippen LogP contribution is -2.32. The maximum atomic E-state index is 13.2. The van der Waals surface area contributed by atoms with Gasteiger partial charge in [0.15, 0.2) is 0 Å². The minimum absolute atomic E-state index is 0.340. The summed E-state index contributed by atoms with van der Waals surface area (Å²) in [5.74, 6) is 0. The van der Waals surface area contributed by atoms with Crippen LogP contribution in [0.3, 0.4) is 0 Å². The molecule has 1 aromatic heterocycles. The Bertz CT molecular complexity index is 903. The summed E-state index contributed by atoms with van der Waals surface area (Å²) < 4.78 is 29.9. The van der Waals surface area contributed by atoms with E-state index in [1.165, 1.54) is 19.3 Å². The highest BCUT2D eigenvalue weighted by molar-refractivity contribution is 7.89. The molecule has 0 radical (unpaired) electrons. The van der Waals surface area contributed by atoms with Gasteiger partial charge in [-0.05, 0) is 57.0 Å². The molecule has 0 amide bonds. The van der Waals surface area contributed by atoms with Crippen LogP contribution < -0.4 is 0 Å². The van der Waals surface area contributed by atoms with Gasteiger partial charge in [0.05, 0.1) is 17.1 Å². The Balaban J connectivity index is 1.59. The Hall–Kier alpha value is -1.77. The Morgan fingerprint density at radius 3 is 2.63 bits per heavy atom. The molecule has 7 nitrogen and oxygen atoms in total. The average molecular weight is 390 g/mol. The quantitative estimate of drug-likeness (QED) is 0.801. The van der Waals surface area contributed by atoms with Gasteiger partial charge in [0.2, 0.25) is 10.0 Å². The van der Waals surface area contributed by atoms with Crippen LogP contribution in [0.15, 0.2) is 29.2 Å². The number of sulfonamides is 1. The Morgan fingerprint density at radius 1 is 1.04 bits per heavy atom. The van der Waals surface area contributed by atoms with Gasteiger partial charge in [-0.15, -0.1) is 5.10 Å². The van der Waals surface area contributed by atoms with Crippen LogP contribution in [0.5, 0.6) is 0 Å². The van der Waals surface area contributed by atoms with Gasteiger partial charge in [0.25, 0.3) is 0 Å². The predicted molar refractivity (Wildman–Crippen MR) is 103 cm³/mol. The van der Waals surface area contributed by atoms with Gasteiger partial charge in [0, 0.05) is 19.6 Å². The number of aromatic nitrogens is 3. The fraction of sp³-hybridized carbons (Fsp3) is 0.579. The van der Waals surface area contributed by atoms with E-state index in [1.54, 1.807) is 22.5 Å². The minimum atomic E-state index is -3.53. The number of aryl methyl sites for hydroxylation is 2. The van der Waals surface area contributed by atoms with E-state index in [2.05, 4.69) is 15.2 Å². The van der Waals surface area contributed by atoms with Crippen molar-refractivity contribution in [1.82, 2.24) is 24.2 Å². The normalized spacial score (nSPS) is 19.6. The molecule has 146 valence electrons. The van der Waals surface area contributed by atoms with Crippen molar-refractivity contribution in [1.29, 1.82) is 0 Å². The van der Waals surface area contributed by atoms with Gasteiger partial charge in [-0.3, -0.25) is 4.90 Å². The largest absolute Gasteiger partial charge is 0.297 e. The van der Waals surface area contributed by atoms with E-state index < -0.39 is 10.0 Å². The van der Waals surface area contributed by atoms with Crippen LogP contribution in [0.25, 0.3) is 0 Å². The Kier molecular flexibility index (Phi) is 5.29. The molecule has 0 unspecified atom stereocenters. The minimum Gasteiger partial charge on any atom is -0.297 e. The van der Waals surface area contributed by atoms with Crippen LogP contribution in [0, 0.1) is 6.92 Å². The van der Waals surface area contributed by atoms with Crippen LogP contribution >= 0.6 is 0 Å². The van der Waals surface area contributed by atoms with Crippen LogP contribution in [-0.4, -0.2) is 52.3 Å². The van der Waals surface area contributed by atoms with Crippen molar-refractivity contribution in [3.05, 3.63) is 41.2 Å². The number of hydrogen-bond donors (Lipinski definition) is 0. The molecule has 1 aromatic carbocycles. The van der Waals surface area contributed by atoms with Crippen molar-refractivity contribution < 1.29 is 8.42 Å². The topological polar surface area (TPSA) is 71.3 Å². The van der Waals surface area contributed by atoms with E-state index in [9.17, 15) is 8.42 Å². The van der Waals surface area contributed by atoms with E-state index in [0.717, 1.165) is 43.0 Å². The van der Waals surface area contributed by atoms with Crippen molar-refractivity contribution in [2.45, 2.75) is 57.1 Å². The monoisotopic (exact) mass is 389 g/mol. The summed E-state index contributed by atoms with van der Waals surface area (Å²) in [4.78, 5) is 2.76. The van der Waals surface area contributed by atoms with Gasteiger partial charge in [0.1, 0.15) is 5.69 Å². The van der Waals surface area contributed by atoms with Crippen LogP contribution in [-0.2, 0) is 29.7 Å². The predicted octanol–water partition coefficient (Wildman–Crippen LogP) is 2.17. The molecule has 2 aliphatic rings. The van der Waals surface area contributed by atoms with Crippen LogP contribution in [0.2, 0.25) is 0 Å². The molecule has 2 aromatic rings. The highest BCUT2D eigenvalue weighted by atomic mass is 32.2. The third-order valence-electron chi connectivity index (χ3n) is 5.47. The van der Waals surface area contributed by atoms with Crippen LogP contribution in [0.4, 0.5) is 0 Å².